The molecule has 4 amide bonds. The number of rotatable bonds is 30. The number of amides is 4. The van der Waals surface area contributed by atoms with Crippen molar-refractivity contribution in [1.82, 2.24) is 15.5 Å². The van der Waals surface area contributed by atoms with Crippen molar-refractivity contribution in [3.8, 4) is 0 Å². The number of hydrogen-bond acceptors (Lipinski definition) is 12. The van der Waals surface area contributed by atoms with Crippen LogP contribution in [0.2, 0.25) is 0 Å². The van der Waals surface area contributed by atoms with Gasteiger partial charge in [-0.05, 0) is 50.8 Å². The van der Waals surface area contributed by atoms with E-state index in [1.54, 1.807) is 27.0 Å². The van der Waals surface area contributed by atoms with Crippen LogP contribution in [0.4, 0.5) is 0 Å². The van der Waals surface area contributed by atoms with Crippen LogP contribution in [0.1, 0.15) is 97.8 Å². The monoisotopic (exact) mass is 742 g/mol. The van der Waals surface area contributed by atoms with Gasteiger partial charge in [0.15, 0.2) is 5.78 Å². The maximum atomic E-state index is 13.1. The molecule has 51 heavy (non-hydrogen) atoms. The van der Waals surface area contributed by atoms with Gasteiger partial charge in [0.05, 0.1) is 31.1 Å². The van der Waals surface area contributed by atoms with Gasteiger partial charge < -0.3 is 30.9 Å². The molecule has 0 aliphatic carbocycles. The van der Waals surface area contributed by atoms with E-state index in [0.717, 1.165) is 11.3 Å². The molecule has 4 atom stereocenters. The van der Waals surface area contributed by atoms with Crippen LogP contribution in [-0.2, 0) is 47.8 Å². The first-order valence-corrected chi connectivity index (χ1v) is 19.1. The molecule has 15 nitrogen and oxygen atoms in total. The molecule has 1 heterocycles. The maximum Gasteiger partial charge on any atom is 0.326 e. The molecule has 5 N–H and O–H groups in total. The van der Waals surface area contributed by atoms with Gasteiger partial charge >= 0.3 is 5.97 Å². The number of ketones is 3. The third-order valence-electron chi connectivity index (χ3n) is 8.63. The molecule has 16 heteroatoms. The molecule has 0 radical (unpaired) electrons. The molecule has 0 spiro atoms. The summed E-state index contributed by atoms with van der Waals surface area (Å²) in [5.74, 6) is -4.11. The van der Waals surface area contributed by atoms with E-state index in [-0.39, 0.29) is 118 Å². The minimum atomic E-state index is -1.29. The van der Waals surface area contributed by atoms with Gasteiger partial charge in [-0.1, -0.05) is 20.8 Å². The van der Waals surface area contributed by atoms with E-state index in [2.05, 4.69) is 10.6 Å². The number of nitrogens with zero attached hydrogens (tertiary/aromatic N) is 1. The Balaban J connectivity index is 2.31. The molecule has 1 rings (SSSR count). The molecule has 0 saturated carbocycles. The van der Waals surface area contributed by atoms with Gasteiger partial charge in [0.25, 0.3) is 0 Å². The maximum absolute atomic E-state index is 13.1. The molecule has 1 fully saturated rings. The normalized spacial score (nSPS) is 16.2. The molecule has 0 aromatic heterocycles. The summed E-state index contributed by atoms with van der Waals surface area (Å²) in [4.78, 5) is 99.7. The van der Waals surface area contributed by atoms with E-state index in [0.29, 0.717) is 32.4 Å². The quantitative estimate of drug-likeness (QED) is 0.0609. The number of Topliss-reactive ketones (excluding diaryl/α,β-unsaturated/α-hetero) is 3. The average Bonchev–Trinajstić information content (AvgIpc) is 3.37. The second-order valence-electron chi connectivity index (χ2n) is 12.9. The summed E-state index contributed by atoms with van der Waals surface area (Å²) in [5, 5.41) is 14.4. The zero-order valence-corrected chi connectivity index (χ0v) is 31.4. The molecular formula is C35H58N4O11S. The first kappa shape index (κ1) is 45.8. The molecule has 1 saturated heterocycles. The Morgan fingerprint density at radius 2 is 1.57 bits per heavy atom. The number of nitrogens with two attached hydrogens (primary N) is 1. The summed E-state index contributed by atoms with van der Waals surface area (Å²) in [6, 6.07) is -1.94. The first-order chi connectivity index (χ1) is 24.2. The molecule has 2 unspecified atom stereocenters. The predicted octanol–water partition coefficient (Wildman–Crippen LogP) is 1.81. The molecule has 1 aliphatic heterocycles. The van der Waals surface area contributed by atoms with Crippen molar-refractivity contribution >= 4 is 58.7 Å². The molecule has 290 valence electrons. The standard InChI is InChI=1S/C35H58N4O11S/c1-5-29(42)27(10-6-7-15-36)38-33(45)26(23(2)3)21-25(41)11-12-28(35(47)48)37-31(43)14-18-50-20-19-49-17-8-9-24(40)13-16-39-32(44)22-30(51-4)34(39)46/h23,26-28,30H,5-22,36H2,1-4H3,(H,37,43)(H,38,45)(H,47,48)/t26-,27-,28?,30?/m0/s1. The largest absolute Gasteiger partial charge is 0.480 e. The fourth-order valence-electron chi connectivity index (χ4n) is 5.43. The Hall–Kier alpha value is -3.21. The summed E-state index contributed by atoms with van der Waals surface area (Å²) in [5.41, 5.74) is 5.55. The fourth-order valence-corrected chi connectivity index (χ4v) is 6.07. The van der Waals surface area contributed by atoms with Crippen molar-refractivity contribution in [2.75, 3.05) is 45.8 Å². The number of carbonyl (C=O) groups excluding carboxylic acids is 7. The highest BCUT2D eigenvalue weighted by atomic mass is 32.2. The SMILES string of the molecule is CCC(=O)[C@H](CCCCN)NC(=O)[C@@H](CC(=O)CCC(NC(=O)CCOCCOCCCC(=O)CCN1C(=O)CC(SC)C1=O)C(=O)O)C(C)C. The van der Waals surface area contributed by atoms with Crippen LogP contribution in [0.5, 0.6) is 0 Å². The Labute approximate surface area is 305 Å². The summed E-state index contributed by atoms with van der Waals surface area (Å²) in [6.45, 7) is 6.63. The number of carbonyl (C=O) groups is 8. The highest BCUT2D eigenvalue weighted by Crippen LogP contribution is 2.23. The van der Waals surface area contributed by atoms with Gasteiger partial charge in [0, 0.05) is 64.0 Å². The second-order valence-corrected chi connectivity index (χ2v) is 14.0. The molecular weight excluding hydrogens is 684 g/mol. The third-order valence-corrected chi connectivity index (χ3v) is 9.56. The molecule has 0 bridgehead atoms. The summed E-state index contributed by atoms with van der Waals surface area (Å²) in [6.07, 6.45) is 4.40. The Morgan fingerprint density at radius 3 is 2.16 bits per heavy atom. The van der Waals surface area contributed by atoms with Gasteiger partial charge in [-0.25, -0.2) is 4.79 Å². The molecule has 1 aliphatic rings. The van der Waals surface area contributed by atoms with E-state index >= 15 is 0 Å². The van der Waals surface area contributed by atoms with Gasteiger partial charge in [-0.15, -0.1) is 0 Å². The van der Waals surface area contributed by atoms with E-state index in [9.17, 15) is 43.5 Å². The van der Waals surface area contributed by atoms with Crippen molar-refractivity contribution in [1.29, 1.82) is 0 Å². The highest BCUT2D eigenvalue weighted by Gasteiger charge is 2.37. The number of thioether (sulfide) groups is 1. The topological polar surface area (TPSA) is 229 Å². The smallest absolute Gasteiger partial charge is 0.326 e. The minimum Gasteiger partial charge on any atom is -0.480 e. The van der Waals surface area contributed by atoms with Gasteiger partial charge in [-0.2, -0.15) is 11.8 Å². The van der Waals surface area contributed by atoms with E-state index in [4.69, 9.17) is 15.2 Å². The van der Waals surface area contributed by atoms with Crippen LogP contribution in [0.25, 0.3) is 0 Å². The number of nitrogens with one attached hydrogen (secondary N) is 2. The number of ether oxygens (including phenoxy) is 2. The van der Waals surface area contributed by atoms with Crippen LogP contribution in [0, 0.1) is 11.8 Å². The number of unbranched alkanes of at least 4 members (excludes halogenated alkanes) is 1. The highest BCUT2D eigenvalue weighted by molar-refractivity contribution is 8.00. The van der Waals surface area contributed by atoms with Crippen LogP contribution in [-0.4, -0.2) is 120 Å². The van der Waals surface area contributed by atoms with Crippen molar-refractivity contribution in [3.63, 3.8) is 0 Å². The van der Waals surface area contributed by atoms with Crippen molar-refractivity contribution in [2.24, 2.45) is 17.6 Å². The lowest BCUT2D eigenvalue weighted by molar-refractivity contribution is -0.142. The van der Waals surface area contributed by atoms with E-state index in [1.165, 1.54) is 11.8 Å². The number of aliphatic carboxylic acids is 1. The minimum absolute atomic E-state index is 0.0171. The van der Waals surface area contributed by atoms with E-state index < -0.39 is 35.8 Å². The van der Waals surface area contributed by atoms with Crippen LogP contribution >= 0.6 is 11.8 Å². The lowest BCUT2D eigenvalue weighted by atomic mass is 9.88. The fraction of sp³-hybridized carbons (Fsp3) is 0.771. The predicted molar refractivity (Wildman–Crippen MR) is 191 cm³/mol. The zero-order valence-electron chi connectivity index (χ0n) is 30.6. The number of likely N-dealkylation sites (tertiary alicyclic amines) is 1. The Kier molecular flexibility index (Phi) is 23.1. The Morgan fingerprint density at radius 1 is 0.882 bits per heavy atom. The van der Waals surface area contributed by atoms with Crippen LogP contribution in [0.15, 0.2) is 0 Å². The van der Waals surface area contributed by atoms with Gasteiger partial charge in [0.1, 0.15) is 17.6 Å². The number of carboxylic acids is 1. The van der Waals surface area contributed by atoms with Crippen molar-refractivity contribution in [3.05, 3.63) is 0 Å². The number of hydrogen-bond donors (Lipinski definition) is 4. The number of carboxylic acid groups (broad SMARTS) is 1. The van der Waals surface area contributed by atoms with Crippen LogP contribution < -0.4 is 16.4 Å². The zero-order chi connectivity index (χ0) is 38.3. The lowest BCUT2D eigenvalue weighted by Gasteiger charge is -2.24. The Bertz CT molecular complexity index is 1180. The van der Waals surface area contributed by atoms with Crippen LogP contribution in [0.3, 0.4) is 0 Å². The van der Waals surface area contributed by atoms with Crippen molar-refractivity contribution < 1.29 is 52.9 Å². The third kappa shape index (κ3) is 18.2. The van der Waals surface area contributed by atoms with Gasteiger partial charge in [0.2, 0.25) is 23.6 Å². The summed E-state index contributed by atoms with van der Waals surface area (Å²) in [7, 11) is 0. The second kappa shape index (κ2) is 25.7. The summed E-state index contributed by atoms with van der Waals surface area (Å²) >= 11 is 1.33. The number of imide groups is 1. The average molecular weight is 743 g/mol. The van der Waals surface area contributed by atoms with Gasteiger partial charge in [-0.3, -0.25) is 38.5 Å². The van der Waals surface area contributed by atoms with Crippen molar-refractivity contribution in [2.45, 2.75) is 115 Å². The summed E-state index contributed by atoms with van der Waals surface area (Å²) < 4.78 is 10.8. The molecule has 0 aromatic rings. The first-order valence-electron chi connectivity index (χ1n) is 17.9. The van der Waals surface area contributed by atoms with E-state index in [1.807, 2.05) is 0 Å². The lowest BCUT2D eigenvalue weighted by Crippen LogP contribution is -2.45. The molecule has 0 aromatic carbocycles.